The highest BCUT2D eigenvalue weighted by Crippen LogP contribution is 2.60. The summed E-state index contributed by atoms with van der Waals surface area (Å²) in [5.41, 5.74) is -0.438. The van der Waals surface area contributed by atoms with Gasteiger partial charge in [-0.15, -0.1) is 6.58 Å². The van der Waals surface area contributed by atoms with Crippen LogP contribution in [0.25, 0.3) is 0 Å². The third-order valence-corrected chi connectivity index (χ3v) is 6.44. The first-order chi connectivity index (χ1) is 10.00. The van der Waals surface area contributed by atoms with Crippen molar-refractivity contribution in [3.63, 3.8) is 0 Å². The zero-order chi connectivity index (χ0) is 14.8. The largest absolute Gasteiger partial charge is 0.342 e. The van der Waals surface area contributed by atoms with E-state index in [-0.39, 0.29) is 12.4 Å². The average Bonchev–Trinajstić information content (AvgIpc) is 2.69. The highest BCUT2D eigenvalue weighted by molar-refractivity contribution is 5.11. The number of hydrogen-bond donors (Lipinski definition) is 0. The van der Waals surface area contributed by atoms with Crippen molar-refractivity contribution in [3.8, 4) is 0 Å². The first-order valence-electron chi connectivity index (χ1n) is 8.33. The molecule has 0 unspecified atom stereocenters. The van der Waals surface area contributed by atoms with Crippen LogP contribution >= 0.6 is 0 Å². The molecule has 21 heavy (non-hydrogen) atoms. The van der Waals surface area contributed by atoms with Crippen LogP contribution in [-0.4, -0.2) is 23.8 Å². The van der Waals surface area contributed by atoms with Crippen LogP contribution in [-0.2, 0) is 19.2 Å². The van der Waals surface area contributed by atoms with E-state index in [2.05, 4.69) is 20.4 Å². The lowest BCUT2D eigenvalue weighted by molar-refractivity contribution is -0.569. The maximum Gasteiger partial charge on any atom is 0.201 e. The molecule has 0 aromatic heterocycles. The number of ether oxygens (including phenoxy) is 2. The van der Waals surface area contributed by atoms with Gasteiger partial charge in [-0.25, -0.2) is 9.78 Å². The third-order valence-electron chi connectivity index (χ3n) is 6.44. The zero-order valence-electron chi connectivity index (χ0n) is 13.2. The summed E-state index contributed by atoms with van der Waals surface area (Å²) >= 11 is 0. The monoisotopic (exact) mass is 294 g/mol. The molecule has 5 aliphatic rings. The Bertz CT molecular complexity index is 452. The Hall–Kier alpha value is -0.420. The molecule has 8 atom stereocenters. The van der Waals surface area contributed by atoms with Crippen molar-refractivity contribution in [2.45, 2.75) is 70.2 Å². The van der Waals surface area contributed by atoms with Gasteiger partial charge in [0.1, 0.15) is 0 Å². The summed E-state index contributed by atoms with van der Waals surface area (Å²) in [4.78, 5) is 11.8. The average molecular weight is 294 g/mol. The molecule has 4 saturated heterocycles. The molecular formula is C17H26O4. The summed E-state index contributed by atoms with van der Waals surface area (Å²) in [6.45, 7) is 10.5. The Labute approximate surface area is 126 Å². The molecule has 118 valence electrons. The van der Waals surface area contributed by atoms with Crippen LogP contribution in [0.2, 0.25) is 0 Å². The molecule has 5 rings (SSSR count). The molecule has 0 aromatic rings. The lowest BCUT2D eigenvalue weighted by Gasteiger charge is -2.60. The van der Waals surface area contributed by atoms with Crippen molar-refractivity contribution in [2.24, 2.45) is 23.7 Å². The standard InChI is InChI=1S/C17H26O4/c1-5-14-11(3)13-7-6-10(2)12-8-9-16(4)19-15(18-14)17(12,13)21-20-16/h5,10-15H,1,6-9H2,2-4H3/t10-,11-,12-,13-,14+,15+,16+,17+/m0/s1. The second-order valence-corrected chi connectivity index (χ2v) is 7.61. The normalized spacial score (nSPS) is 59.2. The van der Waals surface area contributed by atoms with E-state index in [1.165, 1.54) is 6.42 Å². The number of rotatable bonds is 1. The van der Waals surface area contributed by atoms with Gasteiger partial charge in [0, 0.05) is 12.3 Å². The quantitative estimate of drug-likeness (QED) is 0.548. The van der Waals surface area contributed by atoms with Gasteiger partial charge in [-0.3, -0.25) is 0 Å². The lowest BCUT2D eigenvalue weighted by atomic mass is 9.57. The predicted molar refractivity (Wildman–Crippen MR) is 77.0 cm³/mol. The first kappa shape index (κ1) is 14.2. The zero-order valence-corrected chi connectivity index (χ0v) is 13.2. The molecule has 1 aliphatic carbocycles. The number of fused-ring (bicyclic) bond motifs is 2. The van der Waals surface area contributed by atoms with Gasteiger partial charge in [0.15, 0.2) is 11.9 Å². The van der Waals surface area contributed by atoms with Crippen LogP contribution in [0, 0.1) is 23.7 Å². The van der Waals surface area contributed by atoms with Crippen LogP contribution in [0.5, 0.6) is 0 Å². The van der Waals surface area contributed by atoms with Gasteiger partial charge in [0.05, 0.1) is 6.10 Å². The lowest BCUT2D eigenvalue weighted by Crippen LogP contribution is -2.70. The third kappa shape index (κ3) is 1.76. The SMILES string of the molecule is C=C[C@H]1O[C@@H]2O[C@@]3(C)CC[C@H]4[C@@H](C)CC[C@@H]([C@@H]1C)[C@@]24OO3. The summed E-state index contributed by atoms with van der Waals surface area (Å²) in [5, 5.41) is 0. The van der Waals surface area contributed by atoms with Gasteiger partial charge in [-0.1, -0.05) is 19.9 Å². The fourth-order valence-electron chi connectivity index (χ4n) is 5.20. The Morgan fingerprint density at radius 3 is 2.67 bits per heavy atom. The molecule has 0 amide bonds. The van der Waals surface area contributed by atoms with Crippen LogP contribution in [0.1, 0.15) is 46.5 Å². The molecule has 1 spiro atoms. The van der Waals surface area contributed by atoms with E-state index >= 15 is 0 Å². The van der Waals surface area contributed by atoms with E-state index in [1.807, 2.05) is 13.0 Å². The van der Waals surface area contributed by atoms with Crippen molar-refractivity contribution >= 4 is 0 Å². The minimum Gasteiger partial charge on any atom is -0.342 e. The fourth-order valence-corrected chi connectivity index (χ4v) is 5.20. The van der Waals surface area contributed by atoms with Crippen LogP contribution < -0.4 is 0 Å². The Balaban J connectivity index is 1.81. The molecule has 4 heterocycles. The number of hydrogen-bond acceptors (Lipinski definition) is 4. The van der Waals surface area contributed by atoms with Crippen molar-refractivity contribution in [1.82, 2.24) is 0 Å². The fraction of sp³-hybridized carbons (Fsp3) is 0.882. The topological polar surface area (TPSA) is 36.9 Å². The summed E-state index contributed by atoms with van der Waals surface area (Å²) in [7, 11) is 0. The molecule has 4 heteroatoms. The van der Waals surface area contributed by atoms with Crippen LogP contribution in [0.3, 0.4) is 0 Å². The van der Waals surface area contributed by atoms with E-state index < -0.39 is 11.4 Å². The highest BCUT2D eigenvalue weighted by Gasteiger charge is 2.68. The van der Waals surface area contributed by atoms with Crippen molar-refractivity contribution in [1.29, 1.82) is 0 Å². The second kappa shape index (κ2) is 4.54. The minimum absolute atomic E-state index is 0.0335. The highest BCUT2D eigenvalue weighted by atomic mass is 17.3. The van der Waals surface area contributed by atoms with Gasteiger partial charge >= 0.3 is 0 Å². The molecule has 2 bridgehead atoms. The van der Waals surface area contributed by atoms with Crippen molar-refractivity contribution in [2.75, 3.05) is 0 Å². The smallest absolute Gasteiger partial charge is 0.201 e. The molecular weight excluding hydrogens is 268 g/mol. The molecule has 4 aliphatic heterocycles. The van der Waals surface area contributed by atoms with Gasteiger partial charge in [0.25, 0.3) is 0 Å². The van der Waals surface area contributed by atoms with Gasteiger partial charge in [0.2, 0.25) is 5.79 Å². The molecule has 0 aromatic carbocycles. The van der Waals surface area contributed by atoms with E-state index in [9.17, 15) is 0 Å². The summed E-state index contributed by atoms with van der Waals surface area (Å²) < 4.78 is 12.5. The Kier molecular flexibility index (Phi) is 3.07. The Morgan fingerprint density at radius 2 is 1.90 bits per heavy atom. The van der Waals surface area contributed by atoms with E-state index in [4.69, 9.17) is 19.2 Å². The minimum atomic E-state index is -0.677. The first-order valence-corrected chi connectivity index (χ1v) is 8.33. The molecule has 5 fully saturated rings. The predicted octanol–water partition coefficient (Wildman–Crippen LogP) is 3.42. The van der Waals surface area contributed by atoms with Gasteiger partial charge in [-0.05, 0) is 43.9 Å². The summed E-state index contributed by atoms with van der Waals surface area (Å²) in [5.74, 6) is 1.17. The van der Waals surface area contributed by atoms with Crippen molar-refractivity contribution in [3.05, 3.63) is 12.7 Å². The summed E-state index contributed by atoms with van der Waals surface area (Å²) in [6.07, 6.45) is 5.95. The second-order valence-electron chi connectivity index (χ2n) is 7.61. The molecule has 1 saturated carbocycles. The van der Waals surface area contributed by atoms with E-state index in [0.717, 1.165) is 19.3 Å². The van der Waals surface area contributed by atoms with Gasteiger partial charge in [-0.2, -0.15) is 0 Å². The Morgan fingerprint density at radius 1 is 1.10 bits per heavy atom. The summed E-state index contributed by atoms with van der Waals surface area (Å²) in [6, 6.07) is 0. The van der Waals surface area contributed by atoms with Gasteiger partial charge < -0.3 is 9.47 Å². The van der Waals surface area contributed by atoms with E-state index in [1.54, 1.807) is 0 Å². The molecule has 4 nitrogen and oxygen atoms in total. The molecule has 0 N–H and O–H groups in total. The maximum absolute atomic E-state index is 6.26. The van der Waals surface area contributed by atoms with E-state index in [0.29, 0.717) is 23.7 Å². The molecule has 0 radical (unpaired) electrons. The van der Waals surface area contributed by atoms with Crippen LogP contribution in [0.4, 0.5) is 0 Å². The van der Waals surface area contributed by atoms with Crippen LogP contribution in [0.15, 0.2) is 12.7 Å². The van der Waals surface area contributed by atoms with Crippen molar-refractivity contribution < 1.29 is 19.2 Å². The maximum atomic E-state index is 6.26.